The number of nitrogens with two attached hydrogens (primary N) is 1. The molecule has 1 unspecified atom stereocenters. The van der Waals surface area contributed by atoms with Crippen molar-refractivity contribution in [3.05, 3.63) is 164 Å². The molecular formula is C41H34N6O6S3. The van der Waals surface area contributed by atoms with Gasteiger partial charge in [0.25, 0.3) is 11.8 Å². The van der Waals surface area contributed by atoms with Crippen molar-refractivity contribution in [3.63, 3.8) is 0 Å². The third-order valence-corrected chi connectivity index (χ3v) is 12.6. The maximum atomic E-state index is 14.3. The van der Waals surface area contributed by atoms with E-state index in [1.54, 1.807) is 10.8 Å². The summed E-state index contributed by atoms with van der Waals surface area (Å²) in [5.74, 6) is -2.35. The molecule has 4 aliphatic heterocycles. The van der Waals surface area contributed by atoms with Gasteiger partial charge in [0.1, 0.15) is 22.8 Å². The van der Waals surface area contributed by atoms with Gasteiger partial charge >= 0.3 is 5.97 Å². The van der Waals surface area contributed by atoms with Crippen LogP contribution in [0.25, 0.3) is 0 Å². The Morgan fingerprint density at radius 2 is 1.64 bits per heavy atom. The summed E-state index contributed by atoms with van der Waals surface area (Å²) >= 11 is 3.82. The van der Waals surface area contributed by atoms with E-state index in [2.05, 4.69) is 20.8 Å². The average Bonchev–Trinajstić information content (AvgIpc) is 3.97. The highest BCUT2D eigenvalue weighted by molar-refractivity contribution is 8.07. The standard InChI is InChI=1S/C41H34N6O6S3/c42-40-44-30(23-56-40)33(46-53-41(26-10-4-1-5-11-26,27-12-6-2-7-13-27)28-14-8-3-9-15-28)36(49)45-34-37(50)47-35(39(51)52)25(22-55-38(34)47)20-24-16-18-43-29(24)21-32-31(48)17-19-54-32/h1-15,17,19-21,23,29,34,38,43H,16,18,22H2,(H2,42,44)(H,45,49)(H,51,52)/b24-20+,32-21-,46-33-/t29?,34-,38-/m1/s1. The number of carbonyl (C=O) groups excluding carboxylic acids is 3. The number of nitrogens with zero attached hydrogens (tertiary/aromatic N) is 3. The van der Waals surface area contributed by atoms with Gasteiger partial charge in [-0.15, -0.1) is 23.1 Å². The summed E-state index contributed by atoms with van der Waals surface area (Å²) in [6.45, 7) is 0.663. The summed E-state index contributed by atoms with van der Waals surface area (Å²) in [6.07, 6.45) is 5.85. The predicted molar refractivity (Wildman–Crippen MR) is 217 cm³/mol. The summed E-state index contributed by atoms with van der Waals surface area (Å²) in [6, 6.07) is 27.3. The van der Waals surface area contributed by atoms with E-state index >= 15 is 0 Å². The molecule has 0 radical (unpaired) electrons. The molecule has 3 aromatic carbocycles. The molecule has 0 saturated carbocycles. The van der Waals surface area contributed by atoms with Crippen LogP contribution in [0.1, 0.15) is 28.8 Å². The highest BCUT2D eigenvalue weighted by atomic mass is 32.2. The lowest BCUT2D eigenvalue weighted by molar-refractivity contribution is -0.150. The second-order valence-corrected chi connectivity index (χ2v) is 16.1. The van der Waals surface area contributed by atoms with E-state index in [-0.39, 0.29) is 39.8 Å². The van der Waals surface area contributed by atoms with Crippen LogP contribution in [-0.2, 0) is 29.6 Å². The molecule has 2 saturated heterocycles. The minimum absolute atomic E-state index is 0.0651. The Labute approximate surface area is 334 Å². The first kappa shape index (κ1) is 37.2. The monoisotopic (exact) mass is 802 g/mol. The number of thioether (sulfide) groups is 2. The number of thiazole rings is 1. The van der Waals surface area contributed by atoms with Crippen LogP contribution in [0.2, 0.25) is 0 Å². The number of aliphatic carboxylic acids is 1. The van der Waals surface area contributed by atoms with Crippen LogP contribution in [0, 0.1) is 0 Å². The van der Waals surface area contributed by atoms with Gasteiger partial charge in [0.2, 0.25) is 5.60 Å². The van der Waals surface area contributed by atoms with Crippen molar-refractivity contribution in [2.45, 2.75) is 29.5 Å². The lowest BCUT2D eigenvalue weighted by Crippen LogP contribution is -2.71. The topological polar surface area (TPSA) is 176 Å². The van der Waals surface area contributed by atoms with E-state index in [1.807, 2.05) is 103 Å². The number of rotatable bonds is 11. The number of ketones is 1. The van der Waals surface area contributed by atoms with Crippen molar-refractivity contribution in [3.8, 4) is 0 Å². The lowest BCUT2D eigenvalue weighted by Gasteiger charge is -2.49. The number of hydrogen-bond donors (Lipinski definition) is 4. The molecule has 5 heterocycles. The molecule has 0 bridgehead atoms. The SMILES string of the molecule is Nc1nc(/C(=N/OC(c2ccccc2)(c2ccccc2)c2ccccc2)C(=O)N[C@@H]2C(=O)N3C(C(=O)O)=C(/C=C4\CCNC4/C=C4\SC=CC4=O)CS[C@H]23)cs1. The molecule has 12 nitrogen and oxygen atoms in total. The van der Waals surface area contributed by atoms with Gasteiger partial charge in [-0.25, -0.2) is 9.78 Å². The number of hydrogen-bond acceptors (Lipinski definition) is 12. The number of β-lactam (4-membered cyclic amide) rings is 1. The maximum absolute atomic E-state index is 14.3. The number of amides is 2. The fourth-order valence-corrected chi connectivity index (χ4v) is 9.74. The van der Waals surface area contributed by atoms with E-state index in [4.69, 9.17) is 10.6 Å². The molecule has 8 rings (SSSR count). The summed E-state index contributed by atoms with van der Waals surface area (Å²) in [7, 11) is 0. The average molecular weight is 803 g/mol. The van der Waals surface area contributed by atoms with Crippen LogP contribution in [0.4, 0.5) is 5.13 Å². The zero-order valence-electron chi connectivity index (χ0n) is 29.5. The number of benzene rings is 3. The molecule has 56 heavy (non-hydrogen) atoms. The van der Waals surface area contributed by atoms with Gasteiger partial charge in [0.05, 0.1) is 4.91 Å². The molecule has 15 heteroatoms. The molecule has 4 aliphatic rings. The molecule has 282 valence electrons. The number of anilines is 1. The third kappa shape index (κ3) is 6.98. The van der Waals surface area contributed by atoms with Crippen molar-refractivity contribution in [1.82, 2.24) is 20.5 Å². The van der Waals surface area contributed by atoms with E-state index in [0.717, 1.165) is 33.6 Å². The second-order valence-electron chi connectivity index (χ2n) is 13.1. The zero-order chi connectivity index (χ0) is 38.8. The summed E-state index contributed by atoms with van der Waals surface area (Å²) in [4.78, 5) is 65.8. The zero-order valence-corrected chi connectivity index (χ0v) is 32.0. The highest BCUT2D eigenvalue weighted by Gasteiger charge is 2.54. The van der Waals surface area contributed by atoms with Crippen LogP contribution < -0.4 is 16.4 Å². The van der Waals surface area contributed by atoms with Crippen molar-refractivity contribution < 1.29 is 29.1 Å². The Kier molecular flexibility index (Phi) is 10.5. The number of fused-ring (bicyclic) bond motifs is 1. The molecule has 0 aliphatic carbocycles. The molecule has 2 fully saturated rings. The summed E-state index contributed by atoms with van der Waals surface area (Å²) < 4.78 is 0. The normalized spacial score (nSPS) is 22.4. The number of oxime groups is 1. The Morgan fingerprint density at radius 3 is 2.20 bits per heavy atom. The molecule has 2 amide bonds. The molecule has 4 aromatic rings. The fraction of sp³-hybridized carbons (Fsp3) is 0.171. The Bertz CT molecular complexity index is 2260. The number of nitrogen functional groups attached to an aromatic ring is 1. The molecule has 1 aromatic heterocycles. The van der Waals surface area contributed by atoms with Gasteiger partial charge < -0.3 is 26.3 Å². The number of aromatic nitrogens is 1. The van der Waals surface area contributed by atoms with Crippen LogP contribution in [0.15, 0.2) is 147 Å². The van der Waals surface area contributed by atoms with Crippen molar-refractivity contribution in [2.75, 3.05) is 18.0 Å². The quantitative estimate of drug-likeness (QED) is 0.0517. The van der Waals surface area contributed by atoms with E-state index in [0.29, 0.717) is 23.4 Å². The number of carbonyl (C=O) groups is 4. The van der Waals surface area contributed by atoms with Crippen LogP contribution in [-0.4, -0.2) is 74.0 Å². The van der Waals surface area contributed by atoms with Crippen molar-refractivity contribution in [1.29, 1.82) is 0 Å². The van der Waals surface area contributed by atoms with Gasteiger partial charge in [-0.1, -0.05) is 114 Å². The van der Waals surface area contributed by atoms with E-state index in [9.17, 15) is 24.3 Å². The van der Waals surface area contributed by atoms with E-state index in [1.165, 1.54) is 34.5 Å². The number of allylic oxidation sites excluding steroid dienone is 3. The molecule has 5 N–H and O–H groups in total. The highest BCUT2D eigenvalue weighted by Crippen LogP contribution is 2.43. The van der Waals surface area contributed by atoms with Gasteiger partial charge in [-0.3, -0.25) is 19.3 Å². The first-order valence-corrected chi connectivity index (χ1v) is 20.4. The largest absolute Gasteiger partial charge is 0.477 e. The van der Waals surface area contributed by atoms with E-state index < -0.39 is 34.8 Å². The van der Waals surface area contributed by atoms with Gasteiger partial charge in [-0.05, 0) is 41.7 Å². The second kappa shape index (κ2) is 15.8. The van der Waals surface area contributed by atoms with Crippen LogP contribution in [0.5, 0.6) is 0 Å². The Balaban J connectivity index is 1.10. The summed E-state index contributed by atoms with van der Waals surface area (Å²) in [5.41, 5.74) is 8.17. The number of carboxylic acid groups (broad SMARTS) is 1. The van der Waals surface area contributed by atoms with Gasteiger partial charge in [-0.2, -0.15) is 0 Å². The lowest BCUT2D eigenvalue weighted by atomic mass is 9.80. The minimum atomic E-state index is -1.31. The predicted octanol–water partition coefficient (Wildman–Crippen LogP) is 5.18. The molecular weight excluding hydrogens is 769 g/mol. The van der Waals surface area contributed by atoms with Crippen LogP contribution >= 0.6 is 34.9 Å². The van der Waals surface area contributed by atoms with Crippen molar-refractivity contribution in [2.24, 2.45) is 5.16 Å². The first-order valence-electron chi connectivity index (χ1n) is 17.6. The fourth-order valence-electron chi connectivity index (χ4n) is 7.15. The molecule has 0 spiro atoms. The maximum Gasteiger partial charge on any atom is 0.352 e. The number of carboxylic acids is 1. The molecule has 3 atom stereocenters. The first-order chi connectivity index (χ1) is 27.2. The number of nitrogens with one attached hydrogen (secondary N) is 2. The smallest absolute Gasteiger partial charge is 0.352 e. The van der Waals surface area contributed by atoms with Gasteiger partial charge in [0.15, 0.2) is 16.6 Å². The minimum Gasteiger partial charge on any atom is -0.477 e. The summed E-state index contributed by atoms with van der Waals surface area (Å²) in [5, 5.41) is 23.9. The van der Waals surface area contributed by atoms with Gasteiger partial charge in [0, 0.05) is 33.9 Å². The van der Waals surface area contributed by atoms with Crippen LogP contribution in [0.3, 0.4) is 0 Å². The Morgan fingerprint density at radius 1 is 1.00 bits per heavy atom. The van der Waals surface area contributed by atoms with Crippen molar-refractivity contribution >= 4 is 69.3 Å². The third-order valence-electron chi connectivity index (χ3n) is 9.79. The Hall–Kier alpha value is -5.74.